The molecule has 82 valence electrons. The molecule has 0 spiro atoms. The van der Waals surface area contributed by atoms with Crippen molar-refractivity contribution in [2.45, 2.75) is 31.8 Å². The summed E-state index contributed by atoms with van der Waals surface area (Å²) < 4.78 is 0. The molecule has 1 saturated carbocycles. The highest BCUT2D eigenvalue weighted by molar-refractivity contribution is 5.29. The van der Waals surface area contributed by atoms with E-state index in [4.69, 9.17) is 0 Å². The number of nitrogens with one attached hydrogen (secondary N) is 1. The van der Waals surface area contributed by atoms with Gasteiger partial charge in [0.2, 0.25) is 0 Å². The van der Waals surface area contributed by atoms with Crippen molar-refractivity contribution in [3.8, 4) is 0 Å². The van der Waals surface area contributed by atoms with Crippen LogP contribution < -0.4 is 5.32 Å². The van der Waals surface area contributed by atoms with Gasteiger partial charge in [-0.3, -0.25) is 9.88 Å². The van der Waals surface area contributed by atoms with Gasteiger partial charge in [0.15, 0.2) is 0 Å². The van der Waals surface area contributed by atoms with Crippen molar-refractivity contribution in [3.63, 3.8) is 0 Å². The maximum atomic E-state index is 4.18. The Hall–Kier alpha value is -1.16. The van der Waals surface area contributed by atoms with E-state index in [9.17, 15) is 0 Å². The van der Waals surface area contributed by atoms with Gasteiger partial charge >= 0.3 is 0 Å². The number of nitrogens with zero attached hydrogens (tertiary/aromatic N) is 3. The van der Waals surface area contributed by atoms with Crippen molar-refractivity contribution in [2.24, 2.45) is 0 Å². The van der Waals surface area contributed by atoms with Gasteiger partial charge in [-0.15, -0.1) is 0 Å². The van der Waals surface area contributed by atoms with E-state index in [2.05, 4.69) is 34.2 Å². The van der Waals surface area contributed by atoms with Gasteiger partial charge in [0.05, 0.1) is 6.20 Å². The van der Waals surface area contributed by atoms with Gasteiger partial charge in [0, 0.05) is 31.0 Å². The summed E-state index contributed by atoms with van der Waals surface area (Å²) in [5.74, 6) is 0.855. The highest BCUT2D eigenvalue weighted by Crippen LogP contribution is 2.26. The van der Waals surface area contributed by atoms with Crippen LogP contribution in [0.2, 0.25) is 0 Å². The zero-order valence-electron chi connectivity index (χ0n) is 9.35. The highest BCUT2D eigenvalue weighted by Gasteiger charge is 2.28. The van der Waals surface area contributed by atoms with Crippen LogP contribution in [0.4, 0.5) is 5.82 Å². The minimum atomic E-state index is 0.541. The fourth-order valence-corrected chi connectivity index (χ4v) is 1.63. The third-order valence-corrected chi connectivity index (χ3v) is 2.96. The van der Waals surface area contributed by atoms with E-state index in [0.29, 0.717) is 6.04 Å². The first-order valence-electron chi connectivity index (χ1n) is 5.49. The Morgan fingerprint density at radius 3 is 2.93 bits per heavy atom. The average Bonchev–Trinajstić information content (AvgIpc) is 3.10. The fourth-order valence-electron chi connectivity index (χ4n) is 1.63. The van der Waals surface area contributed by atoms with Crippen molar-refractivity contribution >= 4 is 5.82 Å². The molecule has 1 fully saturated rings. The molecule has 1 aliphatic carbocycles. The number of hydrogen-bond donors (Lipinski definition) is 1. The second kappa shape index (κ2) is 4.57. The number of aromatic nitrogens is 2. The summed E-state index contributed by atoms with van der Waals surface area (Å²) in [4.78, 5) is 10.6. The number of hydrogen-bond acceptors (Lipinski definition) is 4. The Morgan fingerprint density at radius 1 is 1.53 bits per heavy atom. The van der Waals surface area contributed by atoms with Crippen LogP contribution in [0.15, 0.2) is 18.6 Å². The summed E-state index contributed by atoms with van der Waals surface area (Å²) in [6, 6.07) is 1.35. The third-order valence-electron chi connectivity index (χ3n) is 2.96. The number of anilines is 1. The second-order valence-electron chi connectivity index (χ2n) is 4.22. The summed E-state index contributed by atoms with van der Waals surface area (Å²) in [5.41, 5.74) is 0. The van der Waals surface area contributed by atoms with E-state index in [1.54, 1.807) is 18.6 Å². The van der Waals surface area contributed by atoms with Crippen molar-refractivity contribution < 1.29 is 0 Å². The molecule has 1 atom stereocenters. The van der Waals surface area contributed by atoms with Crippen LogP contribution in [0.1, 0.15) is 19.8 Å². The number of likely N-dealkylation sites (N-methyl/N-ethyl adjacent to an activating group) is 1. The minimum absolute atomic E-state index is 0.541. The van der Waals surface area contributed by atoms with E-state index in [-0.39, 0.29) is 0 Å². The number of rotatable bonds is 5. The topological polar surface area (TPSA) is 41.1 Å². The molecular weight excluding hydrogens is 188 g/mol. The molecular formula is C11H18N4. The third kappa shape index (κ3) is 2.89. The molecule has 1 N–H and O–H groups in total. The van der Waals surface area contributed by atoms with E-state index in [1.165, 1.54) is 12.8 Å². The van der Waals surface area contributed by atoms with Gasteiger partial charge in [-0.1, -0.05) is 0 Å². The Morgan fingerprint density at radius 2 is 2.33 bits per heavy atom. The summed E-state index contributed by atoms with van der Waals surface area (Å²) in [7, 11) is 2.20. The lowest BCUT2D eigenvalue weighted by atomic mass is 10.3. The maximum absolute atomic E-state index is 4.18. The summed E-state index contributed by atoms with van der Waals surface area (Å²) >= 11 is 0. The van der Waals surface area contributed by atoms with Crippen molar-refractivity contribution in [1.82, 2.24) is 14.9 Å². The van der Waals surface area contributed by atoms with E-state index >= 15 is 0 Å². The lowest BCUT2D eigenvalue weighted by Crippen LogP contribution is -2.36. The molecule has 0 radical (unpaired) electrons. The molecule has 4 heteroatoms. The Kier molecular flexibility index (Phi) is 3.16. The molecule has 0 bridgehead atoms. The van der Waals surface area contributed by atoms with Crippen molar-refractivity contribution in [3.05, 3.63) is 18.6 Å². The van der Waals surface area contributed by atoms with E-state index < -0.39 is 0 Å². The lowest BCUT2D eigenvalue weighted by Gasteiger charge is -2.24. The summed E-state index contributed by atoms with van der Waals surface area (Å²) in [5, 5.41) is 3.29. The summed E-state index contributed by atoms with van der Waals surface area (Å²) in [6.45, 7) is 3.16. The van der Waals surface area contributed by atoms with E-state index in [1.807, 2.05) is 0 Å². The summed E-state index contributed by atoms with van der Waals surface area (Å²) in [6.07, 6.45) is 7.85. The smallest absolute Gasteiger partial charge is 0.144 e. The average molecular weight is 206 g/mol. The Balaban J connectivity index is 1.77. The Labute approximate surface area is 90.7 Å². The van der Waals surface area contributed by atoms with Crippen molar-refractivity contribution in [1.29, 1.82) is 0 Å². The quantitative estimate of drug-likeness (QED) is 0.790. The molecule has 1 unspecified atom stereocenters. The molecule has 1 aromatic rings. The standard InChI is InChI=1S/C11H18N4/c1-9(15(2)10-3-4-10)7-14-11-8-12-5-6-13-11/h5-6,8-10H,3-4,7H2,1-2H3,(H,13,14). The van der Waals surface area contributed by atoms with Crippen LogP contribution in [0.5, 0.6) is 0 Å². The normalized spacial score (nSPS) is 17.8. The lowest BCUT2D eigenvalue weighted by molar-refractivity contribution is 0.257. The molecule has 1 aliphatic rings. The van der Waals surface area contributed by atoms with Crippen LogP contribution in [0.3, 0.4) is 0 Å². The maximum Gasteiger partial charge on any atom is 0.144 e. The van der Waals surface area contributed by atoms with Crippen LogP contribution in [-0.4, -0.2) is 40.5 Å². The van der Waals surface area contributed by atoms with Crippen molar-refractivity contribution in [2.75, 3.05) is 18.9 Å². The molecule has 0 aromatic carbocycles. The largest absolute Gasteiger partial charge is 0.367 e. The molecule has 2 rings (SSSR count). The molecule has 0 amide bonds. The molecule has 1 aromatic heterocycles. The van der Waals surface area contributed by atoms with Crippen LogP contribution >= 0.6 is 0 Å². The van der Waals surface area contributed by atoms with Gasteiger partial charge < -0.3 is 5.32 Å². The Bertz CT molecular complexity index is 297. The predicted molar refractivity (Wildman–Crippen MR) is 60.8 cm³/mol. The van der Waals surface area contributed by atoms with Gasteiger partial charge in [-0.2, -0.15) is 0 Å². The molecule has 0 saturated heterocycles. The second-order valence-corrected chi connectivity index (χ2v) is 4.22. The highest BCUT2D eigenvalue weighted by atomic mass is 15.2. The van der Waals surface area contributed by atoms with Crippen LogP contribution in [0, 0.1) is 0 Å². The van der Waals surface area contributed by atoms with Gasteiger partial charge in [-0.05, 0) is 26.8 Å². The van der Waals surface area contributed by atoms with E-state index in [0.717, 1.165) is 18.4 Å². The first kappa shape index (κ1) is 10.4. The monoisotopic (exact) mass is 206 g/mol. The SMILES string of the molecule is CC(CNc1cnccn1)N(C)C1CC1. The molecule has 0 aliphatic heterocycles. The van der Waals surface area contributed by atoms with Gasteiger partial charge in [0.1, 0.15) is 5.82 Å². The molecule has 1 heterocycles. The van der Waals surface area contributed by atoms with Gasteiger partial charge in [-0.25, -0.2) is 4.98 Å². The molecule has 4 nitrogen and oxygen atoms in total. The first-order valence-corrected chi connectivity index (χ1v) is 5.49. The van der Waals surface area contributed by atoms with Gasteiger partial charge in [0.25, 0.3) is 0 Å². The first-order chi connectivity index (χ1) is 7.27. The zero-order chi connectivity index (χ0) is 10.7. The zero-order valence-corrected chi connectivity index (χ0v) is 9.35. The van der Waals surface area contributed by atoms with Crippen LogP contribution in [0.25, 0.3) is 0 Å². The van der Waals surface area contributed by atoms with Crippen LogP contribution in [-0.2, 0) is 0 Å². The predicted octanol–water partition coefficient (Wildman–Crippen LogP) is 1.37. The fraction of sp³-hybridized carbons (Fsp3) is 0.636. The minimum Gasteiger partial charge on any atom is -0.367 e. The molecule has 15 heavy (non-hydrogen) atoms.